The molecule has 2 aromatic carbocycles. The van der Waals surface area contributed by atoms with Crippen molar-refractivity contribution in [3.8, 4) is 22.9 Å². The highest BCUT2D eigenvalue weighted by molar-refractivity contribution is 5.72. The molecule has 0 radical (unpaired) electrons. The number of rotatable bonds is 3. The second-order valence-corrected chi connectivity index (χ2v) is 4.04. The van der Waals surface area contributed by atoms with Crippen molar-refractivity contribution in [1.29, 1.82) is 5.26 Å². The van der Waals surface area contributed by atoms with E-state index in [9.17, 15) is 4.79 Å². The molecule has 94 valence electrons. The van der Waals surface area contributed by atoms with E-state index in [1.165, 1.54) is 0 Å². The van der Waals surface area contributed by atoms with Crippen molar-refractivity contribution in [2.24, 2.45) is 0 Å². The van der Waals surface area contributed by atoms with Crippen LogP contribution in [0.3, 0.4) is 0 Å². The smallest absolute Gasteiger partial charge is 0.310 e. The molecule has 0 saturated heterocycles. The fraction of sp³-hybridized carbons (Fsp3) is 0.125. The van der Waals surface area contributed by atoms with E-state index in [-0.39, 0.29) is 5.97 Å². The molecule has 19 heavy (non-hydrogen) atoms. The molecule has 3 heteroatoms. The average Bonchev–Trinajstić information content (AvgIpc) is 2.48. The first-order valence-electron chi connectivity index (χ1n) is 6.04. The molecule has 0 unspecified atom stereocenters. The van der Waals surface area contributed by atoms with Gasteiger partial charge >= 0.3 is 5.97 Å². The molecule has 0 aliphatic heterocycles. The van der Waals surface area contributed by atoms with Crippen LogP contribution in [-0.2, 0) is 4.79 Å². The fourth-order valence-electron chi connectivity index (χ4n) is 1.66. The Morgan fingerprint density at radius 1 is 1.05 bits per heavy atom. The highest BCUT2D eigenvalue weighted by Crippen LogP contribution is 2.22. The van der Waals surface area contributed by atoms with E-state index in [1.54, 1.807) is 31.2 Å². The minimum Gasteiger partial charge on any atom is -0.427 e. The van der Waals surface area contributed by atoms with Crippen LogP contribution in [0.2, 0.25) is 0 Å². The Bertz CT molecular complexity index is 607. The molecule has 0 atom stereocenters. The number of hydrogen-bond acceptors (Lipinski definition) is 3. The molecule has 0 fully saturated rings. The molecule has 0 heterocycles. The summed E-state index contributed by atoms with van der Waals surface area (Å²) < 4.78 is 5.11. The molecule has 3 nitrogen and oxygen atoms in total. The van der Waals surface area contributed by atoms with E-state index >= 15 is 0 Å². The van der Waals surface area contributed by atoms with Gasteiger partial charge in [0, 0.05) is 6.42 Å². The minimum atomic E-state index is -0.244. The third kappa shape index (κ3) is 3.20. The van der Waals surface area contributed by atoms with Crippen LogP contribution in [-0.4, -0.2) is 5.97 Å². The lowest BCUT2D eigenvalue weighted by Crippen LogP contribution is -2.05. The van der Waals surface area contributed by atoms with Gasteiger partial charge in [-0.05, 0) is 35.4 Å². The molecule has 0 amide bonds. The highest BCUT2D eigenvalue weighted by Gasteiger charge is 2.02. The summed E-state index contributed by atoms with van der Waals surface area (Å²) in [6, 6.07) is 16.7. The largest absolute Gasteiger partial charge is 0.427 e. The van der Waals surface area contributed by atoms with Crippen molar-refractivity contribution in [2.45, 2.75) is 13.3 Å². The molecule has 0 bridgehead atoms. The Labute approximate surface area is 112 Å². The molecule has 2 rings (SSSR count). The number of nitrogens with zero attached hydrogens (tertiary/aromatic N) is 1. The zero-order chi connectivity index (χ0) is 13.7. The van der Waals surface area contributed by atoms with E-state index in [1.807, 2.05) is 24.3 Å². The third-order valence-electron chi connectivity index (χ3n) is 2.72. The predicted octanol–water partition coefficient (Wildman–Crippen LogP) is 3.54. The maximum Gasteiger partial charge on any atom is 0.310 e. The van der Waals surface area contributed by atoms with Crippen molar-refractivity contribution in [1.82, 2.24) is 0 Å². The Morgan fingerprint density at radius 3 is 2.05 bits per heavy atom. The second kappa shape index (κ2) is 5.83. The van der Waals surface area contributed by atoms with Gasteiger partial charge in [0.15, 0.2) is 0 Å². The topological polar surface area (TPSA) is 50.1 Å². The molecule has 0 aliphatic carbocycles. The van der Waals surface area contributed by atoms with Gasteiger partial charge in [0.2, 0.25) is 0 Å². The summed E-state index contributed by atoms with van der Waals surface area (Å²) >= 11 is 0. The molecule has 0 N–H and O–H groups in total. The maximum absolute atomic E-state index is 11.2. The van der Waals surface area contributed by atoms with E-state index < -0.39 is 0 Å². The molecule has 0 spiro atoms. The second-order valence-electron chi connectivity index (χ2n) is 4.04. The number of nitriles is 1. The van der Waals surface area contributed by atoms with E-state index in [0.29, 0.717) is 17.7 Å². The fourth-order valence-corrected chi connectivity index (χ4v) is 1.66. The zero-order valence-corrected chi connectivity index (χ0v) is 10.6. The summed E-state index contributed by atoms with van der Waals surface area (Å²) in [7, 11) is 0. The van der Waals surface area contributed by atoms with E-state index in [2.05, 4.69) is 6.07 Å². The lowest BCUT2D eigenvalue weighted by atomic mass is 10.0. The lowest BCUT2D eigenvalue weighted by Gasteiger charge is -2.05. The van der Waals surface area contributed by atoms with Crippen molar-refractivity contribution in [2.75, 3.05) is 0 Å². The van der Waals surface area contributed by atoms with Gasteiger partial charge in [-0.15, -0.1) is 0 Å². The van der Waals surface area contributed by atoms with E-state index in [4.69, 9.17) is 10.00 Å². The van der Waals surface area contributed by atoms with Gasteiger partial charge in [-0.1, -0.05) is 31.2 Å². The Hall–Kier alpha value is -2.60. The van der Waals surface area contributed by atoms with Crippen molar-refractivity contribution in [3.05, 3.63) is 54.1 Å². The molecule has 2 aromatic rings. The quantitative estimate of drug-likeness (QED) is 0.619. The van der Waals surface area contributed by atoms with Gasteiger partial charge in [0.25, 0.3) is 0 Å². The molecular formula is C16H13NO2. The molecule has 0 aromatic heterocycles. The summed E-state index contributed by atoms with van der Waals surface area (Å²) in [5.41, 5.74) is 2.67. The van der Waals surface area contributed by atoms with Crippen LogP contribution in [0.15, 0.2) is 48.5 Å². The minimum absolute atomic E-state index is 0.244. The number of esters is 1. The van der Waals surface area contributed by atoms with Gasteiger partial charge in [-0.3, -0.25) is 4.79 Å². The summed E-state index contributed by atoms with van der Waals surface area (Å²) in [4.78, 5) is 11.2. The summed E-state index contributed by atoms with van der Waals surface area (Å²) in [5.74, 6) is 0.301. The SMILES string of the molecule is CCC(=O)Oc1ccc(-c2ccc(C#N)cc2)cc1. The van der Waals surface area contributed by atoms with Gasteiger partial charge in [0.05, 0.1) is 11.6 Å². The maximum atomic E-state index is 11.2. The van der Waals surface area contributed by atoms with E-state index in [0.717, 1.165) is 11.1 Å². The van der Waals surface area contributed by atoms with Crippen LogP contribution in [0, 0.1) is 11.3 Å². The van der Waals surface area contributed by atoms with Gasteiger partial charge in [0.1, 0.15) is 5.75 Å². The highest BCUT2D eigenvalue weighted by atomic mass is 16.5. The standard InChI is InChI=1S/C16H13NO2/c1-2-16(18)19-15-9-7-14(8-10-15)13-5-3-12(11-17)4-6-13/h3-10H,2H2,1H3. The zero-order valence-electron chi connectivity index (χ0n) is 10.6. The average molecular weight is 251 g/mol. The van der Waals surface area contributed by atoms with Crippen LogP contribution < -0.4 is 4.74 Å². The number of benzene rings is 2. The molecule has 0 saturated carbocycles. The molecule has 0 aliphatic rings. The van der Waals surface area contributed by atoms with Crippen LogP contribution in [0.25, 0.3) is 11.1 Å². The Morgan fingerprint density at radius 2 is 1.58 bits per heavy atom. The van der Waals surface area contributed by atoms with Crippen molar-refractivity contribution >= 4 is 5.97 Å². The summed E-state index contributed by atoms with van der Waals surface area (Å²) in [6.07, 6.45) is 0.359. The Kier molecular flexibility index (Phi) is 3.94. The first kappa shape index (κ1) is 12.8. The number of hydrogen-bond donors (Lipinski definition) is 0. The van der Waals surface area contributed by atoms with Crippen LogP contribution in [0.1, 0.15) is 18.9 Å². The van der Waals surface area contributed by atoms with Crippen LogP contribution in [0.4, 0.5) is 0 Å². The lowest BCUT2D eigenvalue weighted by molar-refractivity contribution is -0.134. The molecular weight excluding hydrogens is 238 g/mol. The number of ether oxygens (including phenoxy) is 1. The van der Waals surface area contributed by atoms with Gasteiger partial charge in [-0.25, -0.2) is 0 Å². The van der Waals surface area contributed by atoms with Gasteiger partial charge in [-0.2, -0.15) is 5.26 Å². The Balaban J connectivity index is 2.17. The number of carbonyl (C=O) groups excluding carboxylic acids is 1. The van der Waals surface area contributed by atoms with Gasteiger partial charge < -0.3 is 4.74 Å². The third-order valence-corrected chi connectivity index (χ3v) is 2.72. The van der Waals surface area contributed by atoms with Crippen LogP contribution >= 0.6 is 0 Å². The summed E-state index contributed by atoms with van der Waals surface area (Å²) in [6.45, 7) is 1.76. The van der Waals surface area contributed by atoms with Crippen LogP contribution in [0.5, 0.6) is 5.75 Å². The van der Waals surface area contributed by atoms with Crippen molar-refractivity contribution < 1.29 is 9.53 Å². The normalized spacial score (nSPS) is 9.68. The van der Waals surface area contributed by atoms with Crippen molar-refractivity contribution in [3.63, 3.8) is 0 Å². The predicted molar refractivity (Wildman–Crippen MR) is 72.5 cm³/mol. The first-order valence-corrected chi connectivity index (χ1v) is 6.04. The number of carbonyl (C=O) groups is 1. The summed E-state index contributed by atoms with van der Waals surface area (Å²) in [5, 5.41) is 8.74. The monoisotopic (exact) mass is 251 g/mol. The first-order chi connectivity index (χ1) is 9.22.